The van der Waals surface area contributed by atoms with Gasteiger partial charge in [0.1, 0.15) is 0 Å². The highest BCUT2D eigenvalue weighted by Crippen LogP contribution is 2.37. The van der Waals surface area contributed by atoms with Gasteiger partial charge in [-0.3, -0.25) is 19.3 Å². The van der Waals surface area contributed by atoms with E-state index in [4.69, 9.17) is 0 Å². The number of hydrogen-bond donors (Lipinski definition) is 0. The minimum absolute atomic E-state index is 0.205. The molecule has 2 heterocycles. The van der Waals surface area contributed by atoms with Crippen LogP contribution in [0, 0.1) is 11.3 Å². The van der Waals surface area contributed by atoms with Crippen LogP contribution in [0.3, 0.4) is 0 Å². The fourth-order valence-electron chi connectivity index (χ4n) is 3.27. The first-order chi connectivity index (χ1) is 10.8. The van der Waals surface area contributed by atoms with Crippen molar-refractivity contribution in [2.75, 3.05) is 19.6 Å². The van der Waals surface area contributed by atoms with Gasteiger partial charge in [0.05, 0.1) is 0 Å². The van der Waals surface area contributed by atoms with E-state index < -0.39 is 0 Å². The van der Waals surface area contributed by atoms with Crippen molar-refractivity contribution in [3.05, 3.63) is 12.2 Å². The van der Waals surface area contributed by atoms with Crippen LogP contribution >= 0.6 is 0 Å². The van der Waals surface area contributed by atoms with Crippen LogP contribution in [0.5, 0.6) is 0 Å². The molecule has 0 N–H and O–H groups in total. The largest absolute Gasteiger partial charge is 0.342 e. The van der Waals surface area contributed by atoms with Gasteiger partial charge in [-0.2, -0.15) is 0 Å². The van der Waals surface area contributed by atoms with Crippen molar-refractivity contribution in [1.82, 2.24) is 9.80 Å². The van der Waals surface area contributed by atoms with Crippen LogP contribution in [0.25, 0.3) is 0 Å². The van der Waals surface area contributed by atoms with Crippen LogP contribution in [0.2, 0.25) is 0 Å². The molecule has 1 atom stereocenters. The Balaban J connectivity index is 1.68. The van der Waals surface area contributed by atoms with Gasteiger partial charge in [0.25, 0.3) is 11.8 Å². The third kappa shape index (κ3) is 4.21. The Morgan fingerprint density at radius 2 is 1.87 bits per heavy atom. The minimum Gasteiger partial charge on any atom is -0.342 e. The maximum atomic E-state index is 12.3. The number of hydrogen-bond acceptors (Lipinski definition) is 3. The lowest BCUT2D eigenvalue weighted by Crippen LogP contribution is -2.32. The molecule has 2 aliphatic heterocycles. The van der Waals surface area contributed by atoms with E-state index in [0.717, 1.165) is 25.9 Å². The predicted molar refractivity (Wildman–Crippen MR) is 88.5 cm³/mol. The predicted octanol–water partition coefficient (Wildman–Crippen LogP) is 2.37. The monoisotopic (exact) mass is 320 g/mol. The van der Waals surface area contributed by atoms with Gasteiger partial charge in [-0.25, -0.2) is 0 Å². The van der Waals surface area contributed by atoms with Crippen molar-refractivity contribution in [3.63, 3.8) is 0 Å². The topological polar surface area (TPSA) is 57.7 Å². The maximum absolute atomic E-state index is 12.3. The number of carbonyl (C=O) groups excluding carboxylic acids is 3. The van der Waals surface area contributed by atoms with Crippen LogP contribution in [0.15, 0.2) is 12.2 Å². The van der Waals surface area contributed by atoms with Gasteiger partial charge in [-0.05, 0) is 30.6 Å². The number of likely N-dealkylation sites (tertiary alicyclic amines) is 1. The molecule has 1 unspecified atom stereocenters. The summed E-state index contributed by atoms with van der Waals surface area (Å²) in [5, 5.41) is 0. The molecule has 0 aromatic rings. The molecule has 0 aromatic carbocycles. The first-order valence-electron chi connectivity index (χ1n) is 8.66. The molecule has 23 heavy (non-hydrogen) atoms. The number of unbranched alkanes of at least 4 members (excludes halogenated alkanes) is 1. The number of rotatable bonds is 7. The van der Waals surface area contributed by atoms with Gasteiger partial charge in [-0.15, -0.1) is 0 Å². The van der Waals surface area contributed by atoms with E-state index in [0.29, 0.717) is 37.1 Å². The highest BCUT2D eigenvalue weighted by molar-refractivity contribution is 6.12. The number of carbonyl (C=O) groups is 3. The van der Waals surface area contributed by atoms with Gasteiger partial charge >= 0.3 is 0 Å². The van der Waals surface area contributed by atoms with E-state index in [2.05, 4.69) is 20.8 Å². The molecule has 0 spiro atoms. The first-order valence-corrected chi connectivity index (χ1v) is 8.66. The molecule has 1 saturated heterocycles. The Labute approximate surface area is 138 Å². The van der Waals surface area contributed by atoms with Crippen molar-refractivity contribution in [2.45, 2.75) is 52.9 Å². The molecule has 2 rings (SSSR count). The van der Waals surface area contributed by atoms with Crippen molar-refractivity contribution in [2.24, 2.45) is 11.3 Å². The molecule has 0 aromatic heterocycles. The van der Waals surface area contributed by atoms with Crippen molar-refractivity contribution >= 4 is 17.7 Å². The minimum atomic E-state index is -0.245. The van der Waals surface area contributed by atoms with E-state index in [9.17, 15) is 14.4 Å². The van der Waals surface area contributed by atoms with Gasteiger partial charge in [0, 0.05) is 38.2 Å². The molecule has 2 aliphatic rings. The van der Waals surface area contributed by atoms with Crippen LogP contribution < -0.4 is 0 Å². The van der Waals surface area contributed by atoms with E-state index in [1.807, 2.05) is 4.90 Å². The smallest absolute Gasteiger partial charge is 0.253 e. The van der Waals surface area contributed by atoms with Crippen LogP contribution in [0.1, 0.15) is 52.9 Å². The first kappa shape index (κ1) is 17.7. The Kier molecular flexibility index (Phi) is 5.60. The molecule has 128 valence electrons. The van der Waals surface area contributed by atoms with Gasteiger partial charge in [0.2, 0.25) is 5.91 Å². The van der Waals surface area contributed by atoms with Crippen LogP contribution in [-0.2, 0) is 14.4 Å². The second-order valence-corrected chi connectivity index (χ2v) is 7.29. The van der Waals surface area contributed by atoms with Crippen LogP contribution in [-0.4, -0.2) is 47.2 Å². The van der Waals surface area contributed by atoms with E-state index in [-0.39, 0.29) is 17.7 Å². The third-order valence-corrected chi connectivity index (χ3v) is 5.48. The second kappa shape index (κ2) is 7.28. The summed E-state index contributed by atoms with van der Waals surface area (Å²) in [6.45, 7) is 8.91. The third-order valence-electron chi connectivity index (χ3n) is 5.48. The van der Waals surface area contributed by atoms with E-state index in [1.165, 1.54) is 17.1 Å². The van der Waals surface area contributed by atoms with E-state index in [1.54, 1.807) is 0 Å². The lowest BCUT2D eigenvalue weighted by Gasteiger charge is -2.30. The zero-order chi connectivity index (χ0) is 17.0. The summed E-state index contributed by atoms with van der Waals surface area (Å²) in [4.78, 5) is 38.4. The summed E-state index contributed by atoms with van der Waals surface area (Å²) in [7, 11) is 0. The Morgan fingerprint density at radius 3 is 2.48 bits per heavy atom. The Morgan fingerprint density at radius 1 is 1.22 bits per heavy atom. The van der Waals surface area contributed by atoms with Crippen LogP contribution in [0.4, 0.5) is 0 Å². The Bertz CT molecular complexity index is 492. The molecular weight excluding hydrogens is 292 g/mol. The van der Waals surface area contributed by atoms with Crippen molar-refractivity contribution < 1.29 is 14.4 Å². The molecular formula is C18H28N2O3. The fraction of sp³-hybridized carbons (Fsp3) is 0.722. The fourth-order valence-corrected chi connectivity index (χ4v) is 3.27. The standard InChI is InChI=1S/C18H28N2O3/c1-4-18(2,3)14-10-12-19(13-14)15(21)7-5-6-11-20-16(22)8-9-17(20)23/h8-9,14H,4-7,10-13H2,1-3H3. The second-order valence-electron chi connectivity index (χ2n) is 7.29. The Hall–Kier alpha value is -1.65. The lowest BCUT2D eigenvalue weighted by molar-refractivity contribution is -0.136. The molecule has 0 aliphatic carbocycles. The SMILES string of the molecule is CCC(C)(C)C1CCN(C(=O)CCCCN2C(=O)C=CC2=O)C1. The average molecular weight is 320 g/mol. The summed E-state index contributed by atoms with van der Waals surface area (Å²) in [5.41, 5.74) is 0.290. The van der Waals surface area contributed by atoms with Crippen molar-refractivity contribution in [1.29, 1.82) is 0 Å². The van der Waals surface area contributed by atoms with E-state index >= 15 is 0 Å². The molecule has 3 amide bonds. The van der Waals surface area contributed by atoms with Gasteiger partial charge < -0.3 is 4.90 Å². The van der Waals surface area contributed by atoms with Crippen molar-refractivity contribution in [3.8, 4) is 0 Å². The number of nitrogens with zero attached hydrogens (tertiary/aromatic N) is 2. The summed E-state index contributed by atoms with van der Waals surface area (Å²) >= 11 is 0. The normalized spacial score (nSPS) is 21.6. The zero-order valence-electron chi connectivity index (χ0n) is 14.5. The molecule has 0 bridgehead atoms. The number of imide groups is 1. The lowest BCUT2D eigenvalue weighted by atomic mass is 9.76. The average Bonchev–Trinajstić information content (AvgIpc) is 3.13. The van der Waals surface area contributed by atoms with Gasteiger partial charge in [-0.1, -0.05) is 27.2 Å². The summed E-state index contributed by atoms with van der Waals surface area (Å²) < 4.78 is 0. The summed E-state index contributed by atoms with van der Waals surface area (Å²) in [6.07, 6.45) is 6.72. The molecule has 0 saturated carbocycles. The van der Waals surface area contributed by atoms with Gasteiger partial charge in [0.15, 0.2) is 0 Å². The highest BCUT2D eigenvalue weighted by atomic mass is 16.2. The molecule has 5 nitrogen and oxygen atoms in total. The molecule has 0 radical (unpaired) electrons. The molecule has 1 fully saturated rings. The maximum Gasteiger partial charge on any atom is 0.253 e. The quantitative estimate of drug-likeness (QED) is 0.534. The molecule has 5 heteroatoms. The number of amides is 3. The highest BCUT2D eigenvalue weighted by Gasteiger charge is 2.35. The summed E-state index contributed by atoms with van der Waals surface area (Å²) in [6, 6.07) is 0. The summed E-state index contributed by atoms with van der Waals surface area (Å²) in [5.74, 6) is 0.301. The zero-order valence-corrected chi connectivity index (χ0v) is 14.5.